The van der Waals surface area contributed by atoms with Crippen molar-refractivity contribution in [1.82, 2.24) is 10.2 Å². The smallest absolute Gasteiger partial charge is 0.163 e. The zero-order valence-electron chi connectivity index (χ0n) is 9.93. The summed E-state index contributed by atoms with van der Waals surface area (Å²) in [5.74, 6) is -1.55. The summed E-state index contributed by atoms with van der Waals surface area (Å²) in [7, 11) is 3.81. The molecule has 0 amide bonds. The summed E-state index contributed by atoms with van der Waals surface area (Å²) in [6, 6.07) is 4.11. The maximum Gasteiger partial charge on any atom is 0.163 e. The minimum Gasteiger partial charge on any atom is -0.309 e. The summed E-state index contributed by atoms with van der Waals surface area (Å²) in [6.07, 6.45) is 0. The zero-order valence-corrected chi connectivity index (χ0v) is 9.93. The van der Waals surface area contributed by atoms with Crippen LogP contribution in [0.5, 0.6) is 0 Å². The Morgan fingerprint density at radius 3 is 2.56 bits per heavy atom. The number of rotatable bonds is 5. The van der Waals surface area contributed by atoms with Gasteiger partial charge in [-0.3, -0.25) is 0 Å². The number of likely N-dealkylation sites (N-methyl/N-ethyl adjacent to an activating group) is 2. The zero-order chi connectivity index (χ0) is 12.1. The van der Waals surface area contributed by atoms with Crippen molar-refractivity contribution >= 4 is 0 Å². The quantitative estimate of drug-likeness (QED) is 0.831. The molecule has 0 aliphatic rings. The lowest BCUT2D eigenvalue weighted by atomic mass is 10.1. The molecule has 1 aromatic rings. The molecule has 90 valence electrons. The minimum atomic E-state index is -0.792. The van der Waals surface area contributed by atoms with Gasteiger partial charge in [0, 0.05) is 18.2 Å². The van der Waals surface area contributed by atoms with E-state index in [2.05, 4.69) is 5.32 Å². The van der Waals surface area contributed by atoms with E-state index >= 15 is 0 Å². The fraction of sp³-hybridized carbons (Fsp3) is 0.500. The molecule has 0 aliphatic carbocycles. The summed E-state index contributed by atoms with van der Waals surface area (Å²) < 4.78 is 26.7. The van der Waals surface area contributed by atoms with E-state index in [4.69, 9.17) is 0 Å². The normalized spacial score (nSPS) is 13.1. The van der Waals surface area contributed by atoms with E-state index in [9.17, 15) is 8.78 Å². The van der Waals surface area contributed by atoms with Crippen molar-refractivity contribution in [3.05, 3.63) is 35.4 Å². The third-order valence-corrected chi connectivity index (χ3v) is 2.36. The maximum atomic E-state index is 13.6. The molecule has 1 unspecified atom stereocenters. The van der Waals surface area contributed by atoms with Gasteiger partial charge in [0.05, 0.1) is 0 Å². The van der Waals surface area contributed by atoms with Crippen LogP contribution in [0.4, 0.5) is 8.78 Å². The Morgan fingerprint density at radius 1 is 1.31 bits per heavy atom. The molecule has 2 nitrogen and oxygen atoms in total. The van der Waals surface area contributed by atoms with Crippen LogP contribution in [0.15, 0.2) is 18.2 Å². The SMILES string of the molecule is CCNC(CN(C)C)c1cccc(F)c1F. The van der Waals surface area contributed by atoms with E-state index in [1.165, 1.54) is 6.07 Å². The molecule has 1 N–H and O–H groups in total. The third-order valence-electron chi connectivity index (χ3n) is 2.36. The first-order valence-electron chi connectivity index (χ1n) is 5.38. The molecule has 4 heteroatoms. The van der Waals surface area contributed by atoms with Gasteiger partial charge in [0.25, 0.3) is 0 Å². The average molecular weight is 228 g/mol. The fourth-order valence-corrected chi connectivity index (χ4v) is 1.67. The number of hydrogen-bond acceptors (Lipinski definition) is 2. The Morgan fingerprint density at radius 2 is 2.00 bits per heavy atom. The molecular weight excluding hydrogens is 210 g/mol. The van der Waals surface area contributed by atoms with E-state index < -0.39 is 11.6 Å². The van der Waals surface area contributed by atoms with Gasteiger partial charge in [0.1, 0.15) is 0 Å². The minimum absolute atomic E-state index is 0.185. The van der Waals surface area contributed by atoms with E-state index in [1.54, 1.807) is 6.07 Å². The Kier molecular flexibility index (Phi) is 4.83. The molecule has 1 aromatic carbocycles. The molecule has 0 saturated carbocycles. The van der Waals surface area contributed by atoms with Gasteiger partial charge in [-0.15, -0.1) is 0 Å². The second-order valence-electron chi connectivity index (χ2n) is 4.02. The number of nitrogens with one attached hydrogen (secondary N) is 1. The molecule has 0 aromatic heterocycles. The summed E-state index contributed by atoms with van der Waals surface area (Å²) in [5, 5.41) is 3.15. The van der Waals surface area contributed by atoms with Crippen LogP contribution in [0.2, 0.25) is 0 Å². The van der Waals surface area contributed by atoms with Crippen LogP contribution >= 0.6 is 0 Å². The van der Waals surface area contributed by atoms with Gasteiger partial charge in [-0.25, -0.2) is 8.78 Å². The Bertz CT molecular complexity index is 340. The molecular formula is C12H18F2N2. The molecule has 0 spiro atoms. The van der Waals surface area contributed by atoms with Crippen LogP contribution in [0.1, 0.15) is 18.5 Å². The lowest BCUT2D eigenvalue weighted by Gasteiger charge is -2.22. The molecule has 1 rings (SSSR count). The second kappa shape index (κ2) is 5.92. The number of halogens is 2. The topological polar surface area (TPSA) is 15.3 Å². The molecule has 0 saturated heterocycles. The first-order chi connectivity index (χ1) is 7.56. The Hall–Kier alpha value is -1.00. The summed E-state index contributed by atoms with van der Waals surface area (Å²) >= 11 is 0. The summed E-state index contributed by atoms with van der Waals surface area (Å²) in [5.41, 5.74) is 0.385. The van der Waals surface area contributed by atoms with Gasteiger partial charge < -0.3 is 10.2 Å². The Balaban J connectivity index is 2.96. The van der Waals surface area contributed by atoms with Crippen molar-refractivity contribution in [3.8, 4) is 0 Å². The van der Waals surface area contributed by atoms with E-state index in [0.29, 0.717) is 18.7 Å². The van der Waals surface area contributed by atoms with Crippen molar-refractivity contribution in [2.45, 2.75) is 13.0 Å². The van der Waals surface area contributed by atoms with Gasteiger partial charge >= 0.3 is 0 Å². The van der Waals surface area contributed by atoms with Crippen LogP contribution in [-0.4, -0.2) is 32.1 Å². The van der Waals surface area contributed by atoms with E-state index in [0.717, 1.165) is 6.07 Å². The van der Waals surface area contributed by atoms with Crippen LogP contribution < -0.4 is 5.32 Å². The van der Waals surface area contributed by atoms with Crippen molar-refractivity contribution in [1.29, 1.82) is 0 Å². The highest BCUT2D eigenvalue weighted by Gasteiger charge is 2.17. The van der Waals surface area contributed by atoms with Crippen molar-refractivity contribution < 1.29 is 8.78 Å². The highest BCUT2D eigenvalue weighted by atomic mass is 19.2. The van der Waals surface area contributed by atoms with Crippen LogP contribution in [-0.2, 0) is 0 Å². The molecule has 0 heterocycles. The van der Waals surface area contributed by atoms with Gasteiger partial charge in [0.15, 0.2) is 11.6 Å². The second-order valence-corrected chi connectivity index (χ2v) is 4.02. The first-order valence-corrected chi connectivity index (χ1v) is 5.38. The predicted molar refractivity (Wildman–Crippen MR) is 61.3 cm³/mol. The fourth-order valence-electron chi connectivity index (χ4n) is 1.67. The maximum absolute atomic E-state index is 13.6. The highest BCUT2D eigenvalue weighted by Crippen LogP contribution is 2.19. The largest absolute Gasteiger partial charge is 0.309 e. The molecule has 0 fully saturated rings. The van der Waals surface area contributed by atoms with Crippen LogP contribution in [0.25, 0.3) is 0 Å². The van der Waals surface area contributed by atoms with Crippen molar-refractivity contribution in [2.75, 3.05) is 27.2 Å². The van der Waals surface area contributed by atoms with Crippen LogP contribution in [0.3, 0.4) is 0 Å². The summed E-state index contributed by atoms with van der Waals surface area (Å²) in [6.45, 7) is 3.29. The lowest BCUT2D eigenvalue weighted by Crippen LogP contribution is -2.31. The van der Waals surface area contributed by atoms with Gasteiger partial charge in [-0.1, -0.05) is 19.1 Å². The molecule has 0 radical (unpaired) electrons. The number of benzene rings is 1. The standard InChI is InChI=1S/C12H18F2N2/c1-4-15-11(8-16(2)3)9-6-5-7-10(13)12(9)14/h5-7,11,15H,4,8H2,1-3H3. The third kappa shape index (κ3) is 3.25. The summed E-state index contributed by atoms with van der Waals surface area (Å²) in [4.78, 5) is 1.94. The Labute approximate surface area is 95.3 Å². The van der Waals surface area contributed by atoms with Gasteiger partial charge in [-0.2, -0.15) is 0 Å². The lowest BCUT2D eigenvalue weighted by molar-refractivity contribution is 0.336. The molecule has 0 aliphatic heterocycles. The van der Waals surface area contributed by atoms with Crippen molar-refractivity contribution in [2.24, 2.45) is 0 Å². The molecule has 16 heavy (non-hydrogen) atoms. The number of nitrogens with zero attached hydrogens (tertiary/aromatic N) is 1. The monoisotopic (exact) mass is 228 g/mol. The van der Waals surface area contributed by atoms with Crippen LogP contribution in [0, 0.1) is 11.6 Å². The highest BCUT2D eigenvalue weighted by molar-refractivity contribution is 5.22. The van der Waals surface area contributed by atoms with Gasteiger partial charge in [-0.05, 0) is 26.7 Å². The van der Waals surface area contributed by atoms with Gasteiger partial charge in [0.2, 0.25) is 0 Å². The van der Waals surface area contributed by atoms with E-state index in [-0.39, 0.29) is 6.04 Å². The molecule has 1 atom stereocenters. The number of hydrogen-bond donors (Lipinski definition) is 1. The average Bonchev–Trinajstić information content (AvgIpc) is 2.21. The predicted octanol–water partition coefficient (Wildman–Crippen LogP) is 2.18. The van der Waals surface area contributed by atoms with Crippen molar-refractivity contribution in [3.63, 3.8) is 0 Å². The van der Waals surface area contributed by atoms with E-state index in [1.807, 2.05) is 25.9 Å². The first kappa shape index (κ1) is 13.1. The molecule has 0 bridgehead atoms.